The maximum atomic E-state index is 12.0. The molecule has 90 valence electrons. The third-order valence-electron chi connectivity index (χ3n) is 2.35. The number of nitrogens with one attached hydrogen (secondary N) is 1. The highest BCUT2D eigenvalue weighted by Gasteiger charge is 2.14. The van der Waals surface area contributed by atoms with Gasteiger partial charge in [-0.25, -0.2) is 4.98 Å². The van der Waals surface area contributed by atoms with Crippen molar-refractivity contribution in [1.29, 1.82) is 0 Å². The van der Waals surface area contributed by atoms with Gasteiger partial charge < -0.3 is 15.6 Å². The lowest BCUT2D eigenvalue weighted by molar-refractivity contribution is 0.0778. The van der Waals surface area contributed by atoms with E-state index in [-0.39, 0.29) is 5.91 Å². The standard InChI is InChI=1S/C11H14N4OS/c1-7-14-9(6-17-7)5-15(2)11(16)10-3-8(12)4-13-10/h3-4,6,13H,5,12H2,1-2H3. The van der Waals surface area contributed by atoms with E-state index in [2.05, 4.69) is 9.97 Å². The smallest absolute Gasteiger partial charge is 0.270 e. The van der Waals surface area contributed by atoms with Crippen LogP contribution in [0, 0.1) is 6.92 Å². The summed E-state index contributed by atoms with van der Waals surface area (Å²) in [6.07, 6.45) is 1.61. The van der Waals surface area contributed by atoms with Gasteiger partial charge in [-0.3, -0.25) is 4.79 Å². The topological polar surface area (TPSA) is 75.0 Å². The Morgan fingerprint density at radius 1 is 1.65 bits per heavy atom. The number of aromatic nitrogens is 2. The Balaban J connectivity index is 2.05. The first-order valence-electron chi connectivity index (χ1n) is 5.16. The zero-order valence-electron chi connectivity index (χ0n) is 9.73. The van der Waals surface area contributed by atoms with Gasteiger partial charge in [0, 0.05) is 24.3 Å². The van der Waals surface area contributed by atoms with E-state index in [0.29, 0.717) is 17.9 Å². The highest BCUT2D eigenvalue weighted by Crippen LogP contribution is 2.12. The summed E-state index contributed by atoms with van der Waals surface area (Å²) >= 11 is 1.58. The Morgan fingerprint density at radius 2 is 2.41 bits per heavy atom. The molecule has 3 N–H and O–H groups in total. The molecular formula is C11H14N4OS. The van der Waals surface area contributed by atoms with Crippen molar-refractivity contribution in [3.63, 3.8) is 0 Å². The molecule has 1 amide bonds. The van der Waals surface area contributed by atoms with Gasteiger partial charge >= 0.3 is 0 Å². The van der Waals surface area contributed by atoms with Crippen LogP contribution in [0.2, 0.25) is 0 Å². The first-order valence-corrected chi connectivity index (χ1v) is 6.04. The van der Waals surface area contributed by atoms with E-state index >= 15 is 0 Å². The van der Waals surface area contributed by atoms with E-state index < -0.39 is 0 Å². The molecule has 17 heavy (non-hydrogen) atoms. The second-order valence-electron chi connectivity index (χ2n) is 3.87. The third-order valence-corrected chi connectivity index (χ3v) is 3.17. The number of anilines is 1. The van der Waals surface area contributed by atoms with Gasteiger partial charge in [0.1, 0.15) is 5.69 Å². The summed E-state index contributed by atoms with van der Waals surface area (Å²) in [5.41, 5.74) is 7.52. The fourth-order valence-corrected chi connectivity index (χ4v) is 2.14. The summed E-state index contributed by atoms with van der Waals surface area (Å²) in [5.74, 6) is -0.0904. The van der Waals surface area contributed by atoms with E-state index in [9.17, 15) is 4.79 Å². The van der Waals surface area contributed by atoms with E-state index in [1.807, 2.05) is 12.3 Å². The predicted molar refractivity (Wildman–Crippen MR) is 67.9 cm³/mol. The number of carbonyl (C=O) groups is 1. The molecule has 0 aliphatic heterocycles. The Kier molecular flexibility index (Phi) is 3.14. The SMILES string of the molecule is Cc1nc(CN(C)C(=O)c2cc(N)c[nH]2)cs1. The molecule has 0 unspecified atom stereocenters. The van der Waals surface area contributed by atoms with Crippen LogP contribution in [-0.4, -0.2) is 27.8 Å². The Bertz CT molecular complexity index is 531. The van der Waals surface area contributed by atoms with Crippen LogP contribution in [0.5, 0.6) is 0 Å². The summed E-state index contributed by atoms with van der Waals surface area (Å²) in [6.45, 7) is 2.45. The van der Waals surface area contributed by atoms with Crippen LogP contribution in [0.3, 0.4) is 0 Å². The van der Waals surface area contributed by atoms with Crippen LogP contribution in [-0.2, 0) is 6.54 Å². The van der Waals surface area contributed by atoms with E-state index in [0.717, 1.165) is 10.7 Å². The average molecular weight is 250 g/mol. The van der Waals surface area contributed by atoms with Crippen molar-refractivity contribution in [3.05, 3.63) is 34.0 Å². The highest BCUT2D eigenvalue weighted by atomic mass is 32.1. The number of rotatable bonds is 3. The van der Waals surface area contributed by atoms with Gasteiger partial charge in [0.2, 0.25) is 0 Å². The zero-order chi connectivity index (χ0) is 12.4. The van der Waals surface area contributed by atoms with Crippen LogP contribution < -0.4 is 5.73 Å². The average Bonchev–Trinajstić information content (AvgIpc) is 2.87. The van der Waals surface area contributed by atoms with Gasteiger partial charge in [-0.05, 0) is 13.0 Å². The van der Waals surface area contributed by atoms with Crippen molar-refractivity contribution in [2.24, 2.45) is 0 Å². The van der Waals surface area contributed by atoms with Crippen molar-refractivity contribution < 1.29 is 4.79 Å². The molecule has 2 aromatic heterocycles. The molecule has 0 aliphatic carbocycles. The second kappa shape index (κ2) is 4.58. The summed E-state index contributed by atoms with van der Waals surface area (Å²) in [6, 6.07) is 1.63. The van der Waals surface area contributed by atoms with Gasteiger partial charge in [-0.15, -0.1) is 11.3 Å². The number of nitrogens with two attached hydrogens (primary N) is 1. The number of nitrogen functional groups attached to an aromatic ring is 1. The molecule has 0 spiro atoms. The minimum absolute atomic E-state index is 0.0904. The Labute approximate surface area is 103 Å². The first-order chi connectivity index (χ1) is 8.06. The number of thiazole rings is 1. The van der Waals surface area contributed by atoms with Crippen LogP contribution >= 0.6 is 11.3 Å². The maximum absolute atomic E-state index is 12.0. The summed E-state index contributed by atoms with van der Waals surface area (Å²) in [5, 5.41) is 2.97. The van der Waals surface area contributed by atoms with Gasteiger partial charge in [0.25, 0.3) is 5.91 Å². The predicted octanol–water partition coefficient (Wildman–Crippen LogP) is 1.63. The van der Waals surface area contributed by atoms with Crippen molar-refractivity contribution in [2.45, 2.75) is 13.5 Å². The monoisotopic (exact) mass is 250 g/mol. The van der Waals surface area contributed by atoms with E-state index in [1.165, 1.54) is 0 Å². The Morgan fingerprint density at radius 3 is 2.94 bits per heavy atom. The number of amides is 1. The first kappa shape index (κ1) is 11.7. The van der Waals surface area contributed by atoms with Gasteiger partial charge in [-0.2, -0.15) is 0 Å². The van der Waals surface area contributed by atoms with E-state index in [4.69, 9.17) is 5.73 Å². The molecule has 0 radical (unpaired) electrons. The molecule has 6 heteroatoms. The van der Waals surface area contributed by atoms with Crippen molar-refractivity contribution in [3.8, 4) is 0 Å². The van der Waals surface area contributed by atoms with Crippen LogP contribution in [0.1, 0.15) is 21.2 Å². The molecule has 2 rings (SSSR count). The van der Waals surface area contributed by atoms with Gasteiger partial charge in [0.05, 0.1) is 17.2 Å². The number of hydrogen-bond acceptors (Lipinski definition) is 4. The molecule has 0 aliphatic rings. The molecule has 0 saturated heterocycles. The molecule has 0 fully saturated rings. The third kappa shape index (κ3) is 2.65. The summed E-state index contributed by atoms with van der Waals surface area (Å²) in [7, 11) is 1.74. The number of nitrogens with zero attached hydrogens (tertiary/aromatic N) is 2. The highest BCUT2D eigenvalue weighted by molar-refractivity contribution is 7.09. The summed E-state index contributed by atoms with van der Waals surface area (Å²) < 4.78 is 0. The molecule has 2 heterocycles. The second-order valence-corrected chi connectivity index (χ2v) is 4.93. The van der Waals surface area contributed by atoms with Crippen molar-refractivity contribution in [2.75, 3.05) is 12.8 Å². The number of hydrogen-bond donors (Lipinski definition) is 2. The lowest BCUT2D eigenvalue weighted by Crippen LogP contribution is -2.26. The number of aryl methyl sites for hydroxylation is 1. The molecule has 0 saturated carbocycles. The van der Waals surface area contributed by atoms with Crippen LogP contribution in [0.25, 0.3) is 0 Å². The molecule has 0 aromatic carbocycles. The molecule has 0 bridgehead atoms. The lowest BCUT2D eigenvalue weighted by atomic mass is 10.3. The number of aromatic amines is 1. The fourth-order valence-electron chi connectivity index (χ4n) is 1.54. The maximum Gasteiger partial charge on any atom is 0.270 e. The molecular weight excluding hydrogens is 236 g/mol. The van der Waals surface area contributed by atoms with Crippen LogP contribution in [0.4, 0.5) is 5.69 Å². The summed E-state index contributed by atoms with van der Waals surface area (Å²) in [4.78, 5) is 20.8. The molecule has 2 aromatic rings. The van der Waals surface area contributed by atoms with E-state index in [1.54, 1.807) is 35.5 Å². The normalized spacial score (nSPS) is 10.5. The van der Waals surface area contributed by atoms with Gasteiger partial charge in [0.15, 0.2) is 0 Å². The van der Waals surface area contributed by atoms with Crippen molar-refractivity contribution in [1.82, 2.24) is 14.9 Å². The lowest BCUT2D eigenvalue weighted by Gasteiger charge is -2.14. The number of H-pyrrole nitrogens is 1. The number of carbonyl (C=O) groups excluding carboxylic acids is 1. The molecule has 5 nitrogen and oxygen atoms in total. The quantitative estimate of drug-likeness (QED) is 0.869. The largest absolute Gasteiger partial charge is 0.397 e. The zero-order valence-corrected chi connectivity index (χ0v) is 10.5. The fraction of sp³-hybridized carbons (Fsp3) is 0.273. The minimum atomic E-state index is -0.0904. The Hall–Kier alpha value is -1.82. The minimum Gasteiger partial charge on any atom is -0.397 e. The van der Waals surface area contributed by atoms with Crippen LogP contribution in [0.15, 0.2) is 17.6 Å². The van der Waals surface area contributed by atoms with Crippen molar-refractivity contribution >= 4 is 22.9 Å². The van der Waals surface area contributed by atoms with Gasteiger partial charge in [-0.1, -0.05) is 0 Å². The molecule has 0 atom stereocenters.